The number of benzene rings is 1. The Kier molecular flexibility index (Phi) is 3.25. The average molecular weight is 285 g/mol. The molecule has 0 fully saturated rings. The minimum Gasteiger partial charge on any atom is -0.475 e. The molecule has 0 atom stereocenters. The number of aryl methyl sites for hydroxylation is 1. The third kappa shape index (κ3) is 2.42. The first-order chi connectivity index (χ1) is 10.1. The maximum Gasteiger partial charge on any atom is 0.372 e. The van der Waals surface area contributed by atoms with Gasteiger partial charge < -0.3 is 14.4 Å². The highest BCUT2D eigenvalue weighted by Crippen LogP contribution is 2.31. The minimum absolute atomic E-state index is 0.313. The van der Waals surface area contributed by atoms with Crippen molar-refractivity contribution in [3.63, 3.8) is 0 Å². The van der Waals surface area contributed by atoms with Crippen LogP contribution in [0.4, 0.5) is 5.69 Å². The van der Waals surface area contributed by atoms with Crippen molar-refractivity contribution in [1.82, 2.24) is 0 Å². The lowest BCUT2D eigenvalue weighted by atomic mass is 9.96. The van der Waals surface area contributed by atoms with E-state index in [2.05, 4.69) is 4.90 Å². The highest BCUT2D eigenvalue weighted by Gasteiger charge is 2.18. The molecule has 21 heavy (non-hydrogen) atoms. The number of carbonyl (C=O) groups is 1. The van der Waals surface area contributed by atoms with Gasteiger partial charge in [0, 0.05) is 30.9 Å². The van der Waals surface area contributed by atoms with Crippen LogP contribution in [-0.4, -0.2) is 24.7 Å². The van der Waals surface area contributed by atoms with Gasteiger partial charge in [-0.15, -0.1) is 0 Å². The standard InChI is InChI=1S/C16H15NO4/c1-17-8-2-3-11-9-10(4-6-13(11)17)12-5-7-14(18)21-15(12)16(19)20/h4-7,9H,2-3,8H2,1H3,(H,19,20). The van der Waals surface area contributed by atoms with E-state index >= 15 is 0 Å². The molecule has 0 saturated heterocycles. The van der Waals surface area contributed by atoms with Gasteiger partial charge in [-0.3, -0.25) is 0 Å². The van der Waals surface area contributed by atoms with Crippen molar-refractivity contribution < 1.29 is 14.3 Å². The van der Waals surface area contributed by atoms with Gasteiger partial charge in [-0.1, -0.05) is 6.07 Å². The van der Waals surface area contributed by atoms with Gasteiger partial charge in [0.1, 0.15) is 0 Å². The minimum atomic E-state index is -1.24. The summed E-state index contributed by atoms with van der Waals surface area (Å²) >= 11 is 0. The highest BCUT2D eigenvalue weighted by molar-refractivity contribution is 5.93. The predicted octanol–water partition coefficient (Wildman–Crippen LogP) is 2.39. The van der Waals surface area contributed by atoms with Crippen molar-refractivity contribution in [2.24, 2.45) is 0 Å². The molecule has 0 unspecified atom stereocenters. The highest BCUT2D eigenvalue weighted by atomic mass is 16.4. The first kappa shape index (κ1) is 13.4. The van der Waals surface area contributed by atoms with Crippen molar-refractivity contribution in [2.75, 3.05) is 18.5 Å². The van der Waals surface area contributed by atoms with Gasteiger partial charge in [0.15, 0.2) is 0 Å². The summed E-state index contributed by atoms with van der Waals surface area (Å²) in [6, 6.07) is 8.58. The lowest BCUT2D eigenvalue weighted by Gasteiger charge is -2.27. The van der Waals surface area contributed by atoms with Crippen LogP contribution >= 0.6 is 0 Å². The van der Waals surface area contributed by atoms with Crippen molar-refractivity contribution in [3.05, 3.63) is 52.1 Å². The van der Waals surface area contributed by atoms with E-state index in [1.54, 1.807) is 0 Å². The number of fused-ring (bicyclic) bond motifs is 1. The largest absolute Gasteiger partial charge is 0.475 e. The fourth-order valence-corrected chi connectivity index (χ4v) is 2.76. The number of nitrogens with zero attached hydrogens (tertiary/aromatic N) is 1. The summed E-state index contributed by atoms with van der Waals surface area (Å²) in [6.45, 7) is 1.02. The number of carboxylic acids is 1. The molecule has 3 rings (SSSR count). The molecule has 5 heteroatoms. The molecule has 1 aliphatic rings. The summed E-state index contributed by atoms with van der Waals surface area (Å²) < 4.78 is 4.82. The van der Waals surface area contributed by atoms with Crippen LogP contribution < -0.4 is 10.5 Å². The molecule has 2 heterocycles. The van der Waals surface area contributed by atoms with Crippen molar-refractivity contribution >= 4 is 11.7 Å². The van der Waals surface area contributed by atoms with E-state index in [-0.39, 0.29) is 5.76 Å². The first-order valence-corrected chi connectivity index (χ1v) is 6.78. The van der Waals surface area contributed by atoms with Crippen molar-refractivity contribution in [3.8, 4) is 11.1 Å². The molecule has 0 amide bonds. The van der Waals surface area contributed by atoms with E-state index < -0.39 is 11.6 Å². The number of carboxylic acid groups (broad SMARTS) is 1. The summed E-state index contributed by atoms with van der Waals surface area (Å²) in [4.78, 5) is 24.7. The number of rotatable bonds is 2. The smallest absolute Gasteiger partial charge is 0.372 e. The van der Waals surface area contributed by atoms with Crippen LogP contribution in [0.5, 0.6) is 0 Å². The van der Waals surface area contributed by atoms with Gasteiger partial charge in [-0.05, 0) is 42.2 Å². The van der Waals surface area contributed by atoms with Gasteiger partial charge in [0.2, 0.25) is 5.76 Å². The fourth-order valence-electron chi connectivity index (χ4n) is 2.76. The van der Waals surface area contributed by atoms with Crippen LogP contribution in [0.15, 0.2) is 39.5 Å². The molecular weight excluding hydrogens is 270 g/mol. The number of hydrogen-bond acceptors (Lipinski definition) is 4. The molecule has 108 valence electrons. The van der Waals surface area contributed by atoms with E-state index in [4.69, 9.17) is 4.42 Å². The topological polar surface area (TPSA) is 70.8 Å². The van der Waals surface area contributed by atoms with E-state index in [0.29, 0.717) is 5.56 Å². The maximum atomic E-state index is 11.2. The second kappa shape index (κ2) is 5.09. The monoisotopic (exact) mass is 285 g/mol. The van der Waals surface area contributed by atoms with Gasteiger partial charge >= 0.3 is 11.6 Å². The number of aromatic carboxylic acids is 1. The molecule has 5 nitrogen and oxygen atoms in total. The van der Waals surface area contributed by atoms with Gasteiger partial charge in [0.05, 0.1) is 0 Å². The van der Waals surface area contributed by atoms with E-state index in [0.717, 1.165) is 24.9 Å². The SMILES string of the molecule is CN1CCCc2cc(-c3ccc(=O)oc3C(=O)O)ccc21. The molecule has 2 aromatic rings. The predicted molar refractivity (Wildman–Crippen MR) is 79.0 cm³/mol. The summed E-state index contributed by atoms with van der Waals surface area (Å²) in [5, 5.41) is 9.19. The van der Waals surface area contributed by atoms with E-state index in [1.807, 2.05) is 25.2 Å². The Morgan fingerprint density at radius 1 is 1.29 bits per heavy atom. The number of hydrogen-bond donors (Lipinski definition) is 1. The Morgan fingerprint density at radius 3 is 2.86 bits per heavy atom. The van der Waals surface area contributed by atoms with Gasteiger partial charge in [0.25, 0.3) is 0 Å². The zero-order valence-corrected chi connectivity index (χ0v) is 11.6. The molecule has 1 aromatic heterocycles. The lowest BCUT2D eigenvalue weighted by molar-refractivity contribution is 0.0658. The molecular formula is C16H15NO4. The van der Waals surface area contributed by atoms with Crippen LogP contribution in [-0.2, 0) is 6.42 Å². The number of anilines is 1. The van der Waals surface area contributed by atoms with E-state index in [1.165, 1.54) is 23.4 Å². The molecule has 0 saturated carbocycles. The molecule has 0 aliphatic carbocycles. The van der Waals surface area contributed by atoms with Crippen LogP contribution in [0.1, 0.15) is 22.5 Å². The zero-order valence-electron chi connectivity index (χ0n) is 11.6. The summed E-state index contributed by atoms with van der Waals surface area (Å²) in [5.74, 6) is -1.55. The van der Waals surface area contributed by atoms with Crippen LogP contribution in [0.2, 0.25) is 0 Å². The Balaban J connectivity index is 2.14. The third-order valence-electron chi connectivity index (χ3n) is 3.77. The zero-order chi connectivity index (χ0) is 15.0. The maximum absolute atomic E-state index is 11.2. The molecule has 0 spiro atoms. The Labute approximate surface area is 121 Å². The van der Waals surface area contributed by atoms with Crippen LogP contribution in [0.3, 0.4) is 0 Å². The molecule has 1 aromatic carbocycles. The molecule has 1 aliphatic heterocycles. The second-order valence-corrected chi connectivity index (χ2v) is 5.17. The molecule has 0 radical (unpaired) electrons. The summed E-state index contributed by atoms with van der Waals surface area (Å²) in [7, 11) is 2.04. The van der Waals surface area contributed by atoms with Crippen molar-refractivity contribution in [1.29, 1.82) is 0 Å². The Hall–Kier alpha value is -2.56. The normalized spacial score (nSPS) is 13.9. The fraction of sp³-hybridized carbons (Fsp3) is 0.250. The van der Waals surface area contributed by atoms with Crippen LogP contribution in [0, 0.1) is 0 Å². The summed E-state index contributed by atoms with van der Waals surface area (Å²) in [6.07, 6.45) is 2.04. The second-order valence-electron chi connectivity index (χ2n) is 5.17. The van der Waals surface area contributed by atoms with Gasteiger partial charge in [-0.25, -0.2) is 9.59 Å². The van der Waals surface area contributed by atoms with Crippen molar-refractivity contribution in [2.45, 2.75) is 12.8 Å². The molecule has 0 bridgehead atoms. The van der Waals surface area contributed by atoms with Gasteiger partial charge in [-0.2, -0.15) is 0 Å². The third-order valence-corrected chi connectivity index (χ3v) is 3.77. The van der Waals surface area contributed by atoms with Crippen LogP contribution in [0.25, 0.3) is 11.1 Å². The Bertz CT molecular complexity index is 763. The average Bonchev–Trinajstić information content (AvgIpc) is 2.47. The van der Waals surface area contributed by atoms with E-state index in [9.17, 15) is 14.7 Å². The summed E-state index contributed by atoms with van der Waals surface area (Å²) in [5.41, 5.74) is 2.88. The molecule has 1 N–H and O–H groups in total. The first-order valence-electron chi connectivity index (χ1n) is 6.78. The Morgan fingerprint density at radius 2 is 2.10 bits per heavy atom. The quantitative estimate of drug-likeness (QED) is 0.917. The lowest BCUT2D eigenvalue weighted by Crippen LogP contribution is -2.24.